The van der Waals surface area contributed by atoms with Gasteiger partial charge in [0, 0.05) is 17.1 Å². The standard InChI is InChI=1S/C15H15NO5S2/c1-4-21-15(18)11-12(17)13-14(23(19,20)16(11)3)9-6-5-8(2)7-10(9)22-13/h5-7,11H,4H2,1-3H3. The zero-order valence-corrected chi connectivity index (χ0v) is 14.5. The minimum absolute atomic E-state index is 0.00875. The molecular weight excluding hydrogens is 338 g/mol. The van der Waals surface area contributed by atoms with Gasteiger partial charge in [-0.2, -0.15) is 4.31 Å². The number of fused-ring (bicyclic) bond motifs is 3. The van der Waals surface area contributed by atoms with Crippen molar-refractivity contribution in [1.29, 1.82) is 0 Å². The lowest BCUT2D eigenvalue weighted by Crippen LogP contribution is -2.51. The molecule has 0 N–H and O–H groups in total. The normalized spacial score (nSPS) is 20.5. The first-order chi connectivity index (χ1) is 10.8. The van der Waals surface area contributed by atoms with Gasteiger partial charge in [0.05, 0.1) is 11.5 Å². The fraction of sp³-hybridized carbons (Fsp3) is 0.333. The smallest absolute Gasteiger partial charge is 0.332 e. The van der Waals surface area contributed by atoms with Crippen molar-refractivity contribution in [3.8, 4) is 0 Å². The van der Waals surface area contributed by atoms with Crippen LogP contribution in [0.25, 0.3) is 10.1 Å². The van der Waals surface area contributed by atoms with Crippen molar-refractivity contribution in [1.82, 2.24) is 4.31 Å². The molecule has 0 radical (unpaired) electrons. The first-order valence-electron chi connectivity index (χ1n) is 7.01. The van der Waals surface area contributed by atoms with E-state index in [2.05, 4.69) is 0 Å². The Bertz CT molecular complexity index is 929. The van der Waals surface area contributed by atoms with Crippen LogP contribution in [0.5, 0.6) is 0 Å². The van der Waals surface area contributed by atoms with Crippen molar-refractivity contribution in [3.63, 3.8) is 0 Å². The average Bonchev–Trinajstić information content (AvgIpc) is 2.85. The molecular formula is C15H15NO5S2. The van der Waals surface area contributed by atoms with Crippen LogP contribution < -0.4 is 0 Å². The van der Waals surface area contributed by atoms with Gasteiger partial charge >= 0.3 is 5.97 Å². The molecule has 1 aromatic carbocycles. The van der Waals surface area contributed by atoms with Crippen LogP contribution >= 0.6 is 11.3 Å². The molecule has 0 spiro atoms. The Kier molecular flexibility index (Phi) is 3.78. The maximum absolute atomic E-state index is 12.8. The quantitative estimate of drug-likeness (QED) is 0.609. The number of ether oxygens (including phenoxy) is 1. The zero-order chi connectivity index (χ0) is 16.9. The van der Waals surface area contributed by atoms with Gasteiger partial charge < -0.3 is 4.74 Å². The molecule has 0 saturated carbocycles. The molecule has 1 aliphatic heterocycles. The first-order valence-corrected chi connectivity index (χ1v) is 9.26. The highest BCUT2D eigenvalue weighted by Crippen LogP contribution is 2.41. The third-order valence-corrected chi connectivity index (χ3v) is 6.99. The highest BCUT2D eigenvalue weighted by molar-refractivity contribution is 7.89. The molecule has 6 nitrogen and oxygen atoms in total. The molecule has 0 fully saturated rings. The van der Waals surface area contributed by atoms with Crippen LogP contribution in [0, 0.1) is 6.92 Å². The van der Waals surface area contributed by atoms with Gasteiger partial charge in [0.15, 0.2) is 6.04 Å². The monoisotopic (exact) mass is 353 g/mol. The molecule has 0 saturated heterocycles. The maximum atomic E-state index is 12.8. The zero-order valence-electron chi connectivity index (χ0n) is 12.8. The average molecular weight is 353 g/mol. The number of nitrogens with zero attached hydrogens (tertiary/aromatic N) is 1. The predicted octanol–water partition coefficient (Wildman–Crippen LogP) is 1.96. The van der Waals surface area contributed by atoms with Gasteiger partial charge in [-0.25, -0.2) is 13.2 Å². The fourth-order valence-electron chi connectivity index (χ4n) is 2.65. The van der Waals surface area contributed by atoms with Gasteiger partial charge in [-0.3, -0.25) is 4.79 Å². The number of esters is 1. The molecule has 1 unspecified atom stereocenters. The van der Waals surface area contributed by atoms with Crippen molar-refractivity contribution < 1.29 is 22.7 Å². The van der Waals surface area contributed by atoms with Gasteiger partial charge in [-0.15, -0.1) is 11.3 Å². The summed E-state index contributed by atoms with van der Waals surface area (Å²) in [6.07, 6.45) is 0. The van der Waals surface area contributed by atoms with E-state index in [1.54, 1.807) is 19.1 Å². The number of likely N-dealkylation sites (N-methyl/N-ethyl adjacent to an activating group) is 1. The molecule has 8 heteroatoms. The number of rotatable bonds is 2. The minimum Gasteiger partial charge on any atom is -0.464 e. The molecule has 122 valence electrons. The molecule has 23 heavy (non-hydrogen) atoms. The summed E-state index contributed by atoms with van der Waals surface area (Å²) in [5.74, 6) is -1.38. The van der Waals surface area contributed by atoms with E-state index in [4.69, 9.17) is 4.74 Å². The number of ketones is 1. The second-order valence-corrected chi connectivity index (χ2v) is 8.29. The Labute approximate surface area is 137 Å². The Morgan fingerprint density at radius 1 is 1.39 bits per heavy atom. The summed E-state index contributed by atoms with van der Waals surface area (Å²) in [5.41, 5.74) is 0.969. The molecule has 2 heterocycles. The van der Waals surface area contributed by atoms with Crippen LogP contribution in [0.1, 0.15) is 22.2 Å². The van der Waals surface area contributed by atoms with E-state index in [-0.39, 0.29) is 16.4 Å². The van der Waals surface area contributed by atoms with Crippen LogP contribution in [0.15, 0.2) is 23.1 Å². The van der Waals surface area contributed by atoms with Gasteiger partial charge in [-0.05, 0) is 25.5 Å². The third-order valence-electron chi connectivity index (χ3n) is 3.78. The molecule has 0 aliphatic carbocycles. The summed E-state index contributed by atoms with van der Waals surface area (Å²) in [4.78, 5) is 24.8. The van der Waals surface area contributed by atoms with Crippen molar-refractivity contribution in [2.75, 3.05) is 13.7 Å². The first kappa shape index (κ1) is 16.1. The number of aryl methyl sites for hydroxylation is 1. The van der Waals surface area contributed by atoms with Crippen LogP contribution in [0.3, 0.4) is 0 Å². The molecule has 1 atom stereocenters. The highest BCUT2D eigenvalue weighted by atomic mass is 32.2. The lowest BCUT2D eigenvalue weighted by Gasteiger charge is -2.28. The summed E-state index contributed by atoms with van der Waals surface area (Å²) in [7, 11) is -2.71. The van der Waals surface area contributed by atoms with Crippen LogP contribution in [0.4, 0.5) is 0 Å². The Balaban J connectivity index is 2.28. The fourth-order valence-corrected chi connectivity index (χ4v) is 5.85. The Morgan fingerprint density at radius 3 is 2.74 bits per heavy atom. The van der Waals surface area contributed by atoms with E-state index in [0.29, 0.717) is 10.1 Å². The van der Waals surface area contributed by atoms with Gasteiger partial charge in [-0.1, -0.05) is 12.1 Å². The molecule has 0 amide bonds. The van der Waals surface area contributed by atoms with Crippen molar-refractivity contribution in [2.24, 2.45) is 0 Å². The van der Waals surface area contributed by atoms with Crippen molar-refractivity contribution >= 4 is 43.2 Å². The third kappa shape index (κ3) is 2.29. The van der Waals surface area contributed by atoms with Crippen LogP contribution in [-0.4, -0.2) is 44.2 Å². The number of hydrogen-bond acceptors (Lipinski definition) is 6. The van der Waals surface area contributed by atoms with Crippen molar-refractivity contribution in [3.05, 3.63) is 28.6 Å². The maximum Gasteiger partial charge on any atom is 0.332 e. The Morgan fingerprint density at radius 2 is 2.09 bits per heavy atom. The summed E-state index contributed by atoms with van der Waals surface area (Å²) in [6, 6.07) is 3.87. The summed E-state index contributed by atoms with van der Waals surface area (Å²) >= 11 is 1.10. The summed E-state index contributed by atoms with van der Waals surface area (Å²) in [5, 5.41) is 0.512. The van der Waals surface area contributed by atoms with E-state index in [9.17, 15) is 18.0 Å². The Hall–Kier alpha value is -1.77. The van der Waals surface area contributed by atoms with Crippen LogP contribution in [0.2, 0.25) is 0 Å². The molecule has 1 aliphatic rings. The summed E-state index contributed by atoms with van der Waals surface area (Å²) in [6.45, 7) is 3.57. The number of benzene rings is 1. The van der Waals surface area contributed by atoms with Gasteiger partial charge in [0.25, 0.3) is 0 Å². The second-order valence-electron chi connectivity index (χ2n) is 5.30. The number of sulfonamides is 1. The number of thiophene rings is 1. The van der Waals surface area contributed by atoms with E-state index in [1.807, 2.05) is 13.0 Å². The number of carbonyl (C=O) groups excluding carboxylic acids is 2. The molecule has 2 aromatic rings. The molecule has 1 aromatic heterocycles. The van der Waals surface area contributed by atoms with E-state index < -0.39 is 27.8 Å². The van der Waals surface area contributed by atoms with E-state index >= 15 is 0 Å². The number of carbonyl (C=O) groups is 2. The second kappa shape index (κ2) is 5.40. The SMILES string of the molecule is CCOC(=O)C1C(=O)c2sc3cc(C)ccc3c2S(=O)(=O)N1C. The largest absolute Gasteiger partial charge is 0.464 e. The molecule has 0 bridgehead atoms. The topological polar surface area (TPSA) is 80.8 Å². The number of Topliss-reactive ketones (excluding diaryl/α,β-unsaturated/α-hetero) is 1. The number of hydrogen-bond donors (Lipinski definition) is 0. The molecule has 3 rings (SSSR count). The lowest BCUT2D eigenvalue weighted by atomic mass is 10.1. The van der Waals surface area contributed by atoms with Crippen LogP contribution in [-0.2, 0) is 19.6 Å². The van der Waals surface area contributed by atoms with E-state index in [0.717, 1.165) is 21.2 Å². The summed E-state index contributed by atoms with van der Waals surface area (Å²) < 4.78 is 32.0. The van der Waals surface area contributed by atoms with E-state index in [1.165, 1.54) is 7.05 Å². The minimum atomic E-state index is -3.94. The van der Waals surface area contributed by atoms with Gasteiger partial charge in [0.2, 0.25) is 15.8 Å². The van der Waals surface area contributed by atoms with Crippen molar-refractivity contribution in [2.45, 2.75) is 24.8 Å². The predicted molar refractivity (Wildman–Crippen MR) is 86.3 cm³/mol. The lowest BCUT2D eigenvalue weighted by molar-refractivity contribution is -0.145. The van der Waals surface area contributed by atoms with Gasteiger partial charge in [0.1, 0.15) is 4.90 Å². The highest BCUT2D eigenvalue weighted by Gasteiger charge is 2.48.